The Morgan fingerprint density at radius 1 is 1.30 bits per heavy atom. The maximum Gasteiger partial charge on any atom is 0.0620 e. The molecule has 0 radical (unpaired) electrons. The molecule has 0 heterocycles. The van der Waals surface area contributed by atoms with Crippen LogP contribution in [-0.4, -0.2) is 10.7 Å². The van der Waals surface area contributed by atoms with Gasteiger partial charge in [0.1, 0.15) is 0 Å². The summed E-state index contributed by atoms with van der Waals surface area (Å²) in [5.74, 6) is 0.530. The van der Waals surface area contributed by atoms with Gasteiger partial charge < -0.3 is 5.11 Å². The van der Waals surface area contributed by atoms with E-state index in [-0.39, 0.29) is 0 Å². The molecule has 0 spiro atoms. The zero-order chi connectivity index (χ0) is 7.99. The van der Waals surface area contributed by atoms with Crippen molar-refractivity contribution in [1.29, 1.82) is 0 Å². The maximum absolute atomic E-state index is 9.57. The van der Waals surface area contributed by atoms with Crippen LogP contribution in [0.1, 0.15) is 40.5 Å². The van der Waals surface area contributed by atoms with E-state index in [0.29, 0.717) is 11.3 Å². The van der Waals surface area contributed by atoms with Crippen molar-refractivity contribution in [1.82, 2.24) is 0 Å². The number of aliphatic hydroxyl groups is 1. The third kappa shape index (κ3) is 1.51. The Kier molecular flexibility index (Phi) is 1.59. The van der Waals surface area contributed by atoms with Crippen molar-refractivity contribution in [2.24, 2.45) is 11.3 Å². The van der Waals surface area contributed by atoms with Crippen LogP contribution in [-0.2, 0) is 0 Å². The molecule has 0 aliphatic heterocycles. The van der Waals surface area contributed by atoms with E-state index in [4.69, 9.17) is 0 Å². The van der Waals surface area contributed by atoms with Crippen LogP contribution < -0.4 is 0 Å². The quantitative estimate of drug-likeness (QED) is 0.595. The molecule has 0 aromatic rings. The van der Waals surface area contributed by atoms with Crippen LogP contribution >= 0.6 is 0 Å². The van der Waals surface area contributed by atoms with Gasteiger partial charge in [0.05, 0.1) is 5.60 Å². The normalized spacial score (nSPS) is 26.1. The summed E-state index contributed by atoms with van der Waals surface area (Å²) in [6.45, 7) is 8.34. The molecule has 1 aliphatic rings. The van der Waals surface area contributed by atoms with Gasteiger partial charge in [-0.05, 0) is 38.0 Å². The Morgan fingerprint density at radius 3 is 1.80 bits per heavy atom. The largest absolute Gasteiger partial charge is 0.390 e. The SMILES string of the molecule is CC1(C)CC(C(C)(C)O)C1. The Labute approximate surface area is 63.4 Å². The zero-order valence-electron chi connectivity index (χ0n) is 7.44. The molecule has 0 amide bonds. The van der Waals surface area contributed by atoms with Gasteiger partial charge in [-0.25, -0.2) is 0 Å². The molecular formula is C9H18O. The second kappa shape index (κ2) is 1.97. The fourth-order valence-electron chi connectivity index (χ4n) is 1.77. The lowest BCUT2D eigenvalue weighted by Crippen LogP contribution is -2.44. The van der Waals surface area contributed by atoms with Gasteiger partial charge in [0.25, 0.3) is 0 Å². The lowest BCUT2D eigenvalue weighted by Gasteiger charge is -2.48. The van der Waals surface area contributed by atoms with E-state index in [0.717, 1.165) is 0 Å². The molecule has 1 saturated carbocycles. The summed E-state index contributed by atoms with van der Waals surface area (Å²) in [6, 6.07) is 0. The monoisotopic (exact) mass is 142 g/mol. The van der Waals surface area contributed by atoms with Crippen molar-refractivity contribution >= 4 is 0 Å². The van der Waals surface area contributed by atoms with Crippen molar-refractivity contribution in [2.45, 2.75) is 46.1 Å². The van der Waals surface area contributed by atoms with Crippen LogP contribution in [0.2, 0.25) is 0 Å². The minimum atomic E-state index is -0.449. The van der Waals surface area contributed by atoms with Gasteiger partial charge in [-0.3, -0.25) is 0 Å². The van der Waals surface area contributed by atoms with E-state index in [1.807, 2.05) is 13.8 Å². The molecule has 0 aromatic carbocycles. The minimum Gasteiger partial charge on any atom is -0.390 e. The molecule has 1 N–H and O–H groups in total. The third-order valence-corrected chi connectivity index (χ3v) is 2.60. The molecule has 0 unspecified atom stereocenters. The van der Waals surface area contributed by atoms with Gasteiger partial charge in [0, 0.05) is 0 Å². The Bertz CT molecular complexity index is 122. The number of hydrogen-bond acceptors (Lipinski definition) is 1. The van der Waals surface area contributed by atoms with Crippen LogP contribution in [0.3, 0.4) is 0 Å². The van der Waals surface area contributed by atoms with Gasteiger partial charge in [-0.2, -0.15) is 0 Å². The summed E-state index contributed by atoms with van der Waals surface area (Å²) < 4.78 is 0. The average molecular weight is 142 g/mol. The molecule has 1 aliphatic carbocycles. The van der Waals surface area contributed by atoms with Gasteiger partial charge in [0.2, 0.25) is 0 Å². The smallest absolute Gasteiger partial charge is 0.0620 e. The zero-order valence-corrected chi connectivity index (χ0v) is 7.44. The molecule has 0 atom stereocenters. The van der Waals surface area contributed by atoms with Crippen molar-refractivity contribution in [3.05, 3.63) is 0 Å². The molecule has 1 fully saturated rings. The van der Waals surface area contributed by atoms with E-state index in [1.54, 1.807) is 0 Å². The highest BCUT2D eigenvalue weighted by Crippen LogP contribution is 2.49. The summed E-state index contributed by atoms with van der Waals surface area (Å²) in [4.78, 5) is 0. The van der Waals surface area contributed by atoms with Crippen molar-refractivity contribution < 1.29 is 5.11 Å². The molecule has 1 heteroatoms. The first kappa shape index (κ1) is 8.06. The molecule has 0 saturated heterocycles. The van der Waals surface area contributed by atoms with Gasteiger partial charge in [-0.1, -0.05) is 13.8 Å². The molecule has 60 valence electrons. The third-order valence-electron chi connectivity index (χ3n) is 2.60. The van der Waals surface area contributed by atoms with E-state index in [2.05, 4.69) is 13.8 Å². The van der Waals surface area contributed by atoms with Crippen LogP contribution in [0.4, 0.5) is 0 Å². The standard InChI is InChI=1S/C9H18O/c1-8(2)5-7(6-8)9(3,4)10/h7,10H,5-6H2,1-4H3. The van der Waals surface area contributed by atoms with E-state index < -0.39 is 5.60 Å². The Balaban J connectivity index is 2.40. The lowest BCUT2D eigenvalue weighted by atomic mass is 9.59. The molecule has 0 bridgehead atoms. The van der Waals surface area contributed by atoms with Crippen LogP contribution in [0, 0.1) is 11.3 Å². The lowest BCUT2D eigenvalue weighted by molar-refractivity contribution is -0.0715. The van der Waals surface area contributed by atoms with Crippen LogP contribution in [0.15, 0.2) is 0 Å². The highest BCUT2D eigenvalue weighted by atomic mass is 16.3. The van der Waals surface area contributed by atoms with Gasteiger partial charge in [-0.15, -0.1) is 0 Å². The van der Waals surface area contributed by atoms with Crippen molar-refractivity contribution in [3.8, 4) is 0 Å². The highest BCUT2D eigenvalue weighted by molar-refractivity contribution is 4.94. The highest BCUT2D eigenvalue weighted by Gasteiger charge is 2.43. The first-order valence-corrected chi connectivity index (χ1v) is 4.04. The van der Waals surface area contributed by atoms with Gasteiger partial charge >= 0.3 is 0 Å². The number of hydrogen-bond donors (Lipinski definition) is 1. The summed E-state index contributed by atoms with van der Waals surface area (Å²) in [5, 5.41) is 9.57. The average Bonchev–Trinajstić information content (AvgIpc) is 1.56. The fraction of sp³-hybridized carbons (Fsp3) is 1.00. The van der Waals surface area contributed by atoms with Crippen molar-refractivity contribution in [3.63, 3.8) is 0 Å². The molecule has 1 nitrogen and oxygen atoms in total. The van der Waals surface area contributed by atoms with Crippen molar-refractivity contribution in [2.75, 3.05) is 0 Å². The first-order chi connectivity index (χ1) is 4.31. The summed E-state index contributed by atoms with van der Waals surface area (Å²) >= 11 is 0. The van der Waals surface area contributed by atoms with Crippen LogP contribution in [0.5, 0.6) is 0 Å². The fourth-order valence-corrected chi connectivity index (χ4v) is 1.77. The molecule has 0 aromatic heterocycles. The predicted octanol–water partition coefficient (Wildman–Crippen LogP) is 2.19. The predicted molar refractivity (Wildman–Crippen MR) is 42.8 cm³/mol. The topological polar surface area (TPSA) is 20.2 Å². The van der Waals surface area contributed by atoms with Gasteiger partial charge in [0.15, 0.2) is 0 Å². The van der Waals surface area contributed by atoms with Crippen LogP contribution in [0.25, 0.3) is 0 Å². The van der Waals surface area contributed by atoms with E-state index >= 15 is 0 Å². The van der Waals surface area contributed by atoms with E-state index in [9.17, 15) is 5.11 Å². The first-order valence-electron chi connectivity index (χ1n) is 4.04. The molecule has 1 rings (SSSR count). The summed E-state index contributed by atoms with van der Waals surface area (Å²) in [6.07, 6.45) is 2.35. The minimum absolute atomic E-state index is 0.449. The second-order valence-electron chi connectivity index (χ2n) is 4.92. The Hall–Kier alpha value is -0.0400. The number of rotatable bonds is 1. The second-order valence-corrected chi connectivity index (χ2v) is 4.92. The van der Waals surface area contributed by atoms with E-state index in [1.165, 1.54) is 12.8 Å². The molecule has 10 heavy (non-hydrogen) atoms. The maximum atomic E-state index is 9.57. The Morgan fingerprint density at radius 2 is 1.70 bits per heavy atom. The molecular weight excluding hydrogens is 124 g/mol. The summed E-state index contributed by atoms with van der Waals surface area (Å²) in [7, 11) is 0. The summed E-state index contributed by atoms with van der Waals surface area (Å²) in [5.41, 5.74) is 0.0419.